The fraction of sp³-hybridized carbons (Fsp3) is 0.545. The molecule has 0 saturated carbocycles. The van der Waals surface area contributed by atoms with E-state index in [2.05, 4.69) is 71.0 Å². The lowest BCUT2D eigenvalue weighted by Crippen LogP contribution is -2.52. The van der Waals surface area contributed by atoms with Gasteiger partial charge >= 0.3 is 5.97 Å². The Labute approximate surface area is 237 Å². The summed E-state index contributed by atoms with van der Waals surface area (Å²) in [4.78, 5) is 34.2. The number of hydrogen-bond acceptors (Lipinski definition) is 4. The summed E-state index contributed by atoms with van der Waals surface area (Å²) < 4.78 is 2.49. The van der Waals surface area contributed by atoms with Crippen molar-refractivity contribution in [1.29, 1.82) is 0 Å². The molecule has 2 unspecified atom stereocenters. The molecular formula is C33H42N4O3. The zero-order chi connectivity index (χ0) is 28.1. The molecule has 3 saturated heterocycles. The number of nitrogens with zero attached hydrogens (tertiary/aromatic N) is 4. The van der Waals surface area contributed by atoms with Crippen LogP contribution in [0.25, 0.3) is 11.0 Å². The summed E-state index contributed by atoms with van der Waals surface area (Å²) in [5, 5.41) is 9.60. The van der Waals surface area contributed by atoms with E-state index in [1.54, 1.807) is 4.90 Å². The van der Waals surface area contributed by atoms with Crippen molar-refractivity contribution in [2.75, 3.05) is 19.6 Å². The van der Waals surface area contributed by atoms with E-state index in [-0.39, 0.29) is 11.3 Å². The van der Waals surface area contributed by atoms with Crippen molar-refractivity contribution in [3.8, 4) is 0 Å². The molecule has 1 aromatic heterocycles. The monoisotopic (exact) mass is 542 g/mol. The molecule has 2 aromatic carbocycles. The SMILES string of the molecule is Cc1nc2ccccc2n1C1CC2CCC(C1)N2CCC1(c2ccccc2)CCN(C(=O)C(C)(C)C(=O)O)CC1. The number of benzene rings is 2. The molecule has 7 nitrogen and oxygen atoms in total. The maximum atomic E-state index is 13.1. The van der Waals surface area contributed by atoms with E-state index >= 15 is 0 Å². The minimum absolute atomic E-state index is 0.00116. The van der Waals surface area contributed by atoms with E-state index in [0.29, 0.717) is 31.2 Å². The number of carboxylic acids is 1. The van der Waals surface area contributed by atoms with Gasteiger partial charge in [0.25, 0.3) is 0 Å². The number of carbonyl (C=O) groups is 2. The number of hydrogen-bond donors (Lipinski definition) is 1. The zero-order valence-electron chi connectivity index (χ0n) is 24.1. The maximum absolute atomic E-state index is 13.1. The number of carbonyl (C=O) groups excluding carboxylic acids is 1. The average molecular weight is 543 g/mol. The number of amides is 1. The van der Waals surface area contributed by atoms with Gasteiger partial charge in [-0.1, -0.05) is 42.5 Å². The van der Waals surface area contributed by atoms with Crippen molar-refractivity contribution in [3.63, 3.8) is 0 Å². The number of para-hydroxylation sites is 2. The molecule has 2 bridgehead atoms. The summed E-state index contributed by atoms with van der Waals surface area (Å²) in [5.74, 6) is -0.214. The normalized spacial score (nSPS) is 24.9. The second-order valence-electron chi connectivity index (χ2n) is 12.9. The number of carboxylic acid groups (broad SMARTS) is 1. The van der Waals surface area contributed by atoms with E-state index in [4.69, 9.17) is 4.98 Å². The van der Waals surface area contributed by atoms with E-state index in [1.165, 1.54) is 50.6 Å². The molecule has 2 atom stereocenters. The largest absolute Gasteiger partial charge is 0.480 e. The van der Waals surface area contributed by atoms with Gasteiger partial charge < -0.3 is 14.6 Å². The third-order valence-corrected chi connectivity index (χ3v) is 10.3. The molecule has 212 valence electrons. The summed E-state index contributed by atoms with van der Waals surface area (Å²) in [6, 6.07) is 21.0. The minimum Gasteiger partial charge on any atom is -0.480 e. The fourth-order valence-electron chi connectivity index (χ4n) is 7.89. The molecule has 1 amide bonds. The molecule has 6 rings (SSSR count). The summed E-state index contributed by atoms with van der Waals surface area (Å²) >= 11 is 0. The van der Waals surface area contributed by atoms with E-state index < -0.39 is 11.4 Å². The zero-order valence-corrected chi connectivity index (χ0v) is 24.1. The summed E-state index contributed by atoms with van der Waals surface area (Å²) in [6.45, 7) is 7.45. The second kappa shape index (κ2) is 10.3. The topological polar surface area (TPSA) is 78.7 Å². The highest BCUT2D eigenvalue weighted by molar-refractivity contribution is 6.01. The van der Waals surface area contributed by atoms with Crippen LogP contribution in [0, 0.1) is 12.3 Å². The van der Waals surface area contributed by atoms with Gasteiger partial charge in [-0.25, -0.2) is 4.98 Å². The number of aryl methyl sites for hydroxylation is 1. The van der Waals surface area contributed by atoms with Crippen LogP contribution in [0.4, 0.5) is 0 Å². The number of rotatable bonds is 7. The Balaban J connectivity index is 1.17. The maximum Gasteiger partial charge on any atom is 0.318 e. The van der Waals surface area contributed by atoms with Crippen LogP contribution in [-0.4, -0.2) is 68.1 Å². The number of aliphatic carboxylic acids is 1. The molecule has 3 fully saturated rings. The first-order chi connectivity index (χ1) is 19.2. The van der Waals surface area contributed by atoms with Crippen molar-refractivity contribution in [2.45, 2.75) is 89.3 Å². The molecule has 3 aliphatic heterocycles. The first-order valence-electron chi connectivity index (χ1n) is 15.0. The number of piperidine rings is 2. The van der Waals surface area contributed by atoms with Gasteiger partial charge in [-0.15, -0.1) is 0 Å². The van der Waals surface area contributed by atoms with Crippen LogP contribution in [0.1, 0.15) is 76.2 Å². The van der Waals surface area contributed by atoms with Crippen molar-refractivity contribution in [3.05, 3.63) is 66.0 Å². The molecule has 0 spiro atoms. The molecule has 3 aliphatic rings. The van der Waals surface area contributed by atoms with Crippen LogP contribution >= 0.6 is 0 Å². The van der Waals surface area contributed by atoms with Gasteiger partial charge in [0.2, 0.25) is 5.91 Å². The predicted molar refractivity (Wildman–Crippen MR) is 156 cm³/mol. The van der Waals surface area contributed by atoms with E-state index in [9.17, 15) is 14.7 Å². The molecule has 7 heteroatoms. The third-order valence-electron chi connectivity index (χ3n) is 10.3. The van der Waals surface area contributed by atoms with Crippen molar-refractivity contribution in [1.82, 2.24) is 19.4 Å². The lowest BCUT2D eigenvalue weighted by Gasteiger charge is -2.46. The van der Waals surface area contributed by atoms with E-state index in [1.807, 2.05) is 0 Å². The summed E-state index contributed by atoms with van der Waals surface area (Å²) in [6.07, 6.45) is 7.65. The van der Waals surface area contributed by atoms with Gasteiger partial charge in [0.15, 0.2) is 0 Å². The Bertz CT molecular complexity index is 1380. The molecule has 40 heavy (non-hydrogen) atoms. The smallest absolute Gasteiger partial charge is 0.318 e. The van der Waals surface area contributed by atoms with Gasteiger partial charge in [0, 0.05) is 31.2 Å². The van der Waals surface area contributed by atoms with Crippen LogP contribution in [0.3, 0.4) is 0 Å². The number of fused-ring (bicyclic) bond motifs is 3. The minimum atomic E-state index is -1.39. The van der Waals surface area contributed by atoms with Gasteiger partial charge in [-0.2, -0.15) is 0 Å². The van der Waals surface area contributed by atoms with Gasteiger partial charge in [0.1, 0.15) is 11.2 Å². The first kappa shape index (κ1) is 27.0. The second-order valence-corrected chi connectivity index (χ2v) is 12.9. The van der Waals surface area contributed by atoms with Crippen molar-refractivity contribution >= 4 is 22.9 Å². The Morgan fingerprint density at radius 1 is 0.950 bits per heavy atom. The van der Waals surface area contributed by atoms with Crippen LogP contribution in [0.2, 0.25) is 0 Å². The van der Waals surface area contributed by atoms with Gasteiger partial charge in [-0.3, -0.25) is 14.5 Å². The quantitative estimate of drug-likeness (QED) is 0.395. The predicted octanol–water partition coefficient (Wildman–Crippen LogP) is 5.57. The highest BCUT2D eigenvalue weighted by Crippen LogP contribution is 2.45. The van der Waals surface area contributed by atoms with Gasteiger partial charge in [0.05, 0.1) is 11.0 Å². The van der Waals surface area contributed by atoms with Crippen LogP contribution < -0.4 is 0 Å². The number of likely N-dealkylation sites (tertiary alicyclic amines) is 1. The fourth-order valence-corrected chi connectivity index (χ4v) is 7.89. The van der Waals surface area contributed by atoms with Crippen molar-refractivity contribution < 1.29 is 14.7 Å². The molecule has 4 heterocycles. The van der Waals surface area contributed by atoms with Gasteiger partial charge in [-0.05, 0) is 95.4 Å². The lowest BCUT2D eigenvalue weighted by atomic mass is 9.70. The Kier molecular flexibility index (Phi) is 6.97. The highest BCUT2D eigenvalue weighted by Gasteiger charge is 2.46. The van der Waals surface area contributed by atoms with Crippen LogP contribution in [0.5, 0.6) is 0 Å². The molecule has 1 N–H and O–H groups in total. The number of imidazole rings is 1. The molecule has 0 aliphatic carbocycles. The average Bonchev–Trinajstić information content (AvgIpc) is 3.42. The Morgan fingerprint density at radius 2 is 1.57 bits per heavy atom. The summed E-state index contributed by atoms with van der Waals surface area (Å²) in [5.41, 5.74) is 2.31. The Hall–Kier alpha value is -3.19. The lowest BCUT2D eigenvalue weighted by molar-refractivity contribution is -0.159. The highest BCUT2D eigenvalue weighted by atomic mass is 16.4. The van der Waals surface area contributed by atoms with Crippen LogP contribution in [0.15, 0.2) is 54.6 Å². The molecule has 0 radical (unpaired) electrons. The third kappa shape index (κ3) is 4.62. The Morgan fingerprint density at radius 3 is 2.23 bits per heavy atom. The van der Waals surface area contributed by atoms with Crippen LogP contribution in [-0.2, 0) is 15.0 Å². The first-order valence-corrected chi connectivity index (χ1v) is 15.0. The summed E-state index contributed by atoms with van der Waals surface area (Å²) in [7, 11) is 0. The standard InChI is InChI=1S/C33H42N4O3/c1-23-34-28-11-7-8-12-29(28)37(23)27-21-25-13-14-26(22-27)36(25)20-17-33(24-9-5-4-6-10-24)15-18-35(19-16-33)30(38)32(2,3)31(39)40/h4-12,25-27H,13-22H2,1-3H3,(H,39,40). The molecule has 3 aromatic rings. The van der Waals surface area contributed by atoms with E-state index in [0.717, 1.165) is 37.1 Å². The van der Waals surface area contributed by atoms with Crippen molar-refractivity contribution in [2.24, 2.45) is 5.41 Å². The number of aromatic nitrogens is 2. The molecular weight excluding hydrogens is 500 g/mol.